The number of cyclic esters (lactones) is 1. The predicted molar refractivity (Wildman–Crippen MR) is 291 cm³/mol. The Hall–Kier alpha value is -8.92. The van der Waals surface area contributed by atoms with Crippen molar-refractivity contribution in [1.82, 2.24) is 46.4 Å². The average molecular weight is 1110 g/mol. The molecule has 1 aliphatic carbocycles. The van der Waals surface area contributed by atoms with Gasteiger partial charge in [0.2, 0.25) is 35.4 Å². The van der Waals surface area contributed by atoms with Gasteiger partial charge in [-0.05, 0) is 85.8 Å². The van der Waals surface area contributed by atoms with Gasteiger partial charge < -0.3 is 46.3 Å². The molecule has 0 spiro atoms. The number of halogens is 1. The maximum absolute atomic E-state index is 15.7. The molecule has 22 heteroatoms. The van der Waals surface area contributed by atoms with Crippen LogP contribution in [0.5, 0.6) is 0 Å². The number of carbonyl (C=O) groups is 9. The molecule has 5 aromatic rings. The molecule has 3 aliphatic heterocycles. The zero-order chi connectivity index (χ0) is 57.5. The number of carbonyl (C=O) groups excluding carboxylic acids is 9. The zero-order valence-electron chi connectivity index (χ0n) is 44.8. The third kappa shape index (κ3) is 12.4. The van der Waals surface area contributed by atoms with Crippen LogP contribution in [0.1, 0.15) is 102 Å². The number of hydrogen-bond acceptors (Lipinski definition) is 13. The molecular formula is C59H62FN9O12. The Morgan fingerprint density at radius 1 is 0.778 bits per heavy atom. The Bertz CT molecular complexity index is 3440. The lowest BCUT2D eigenvalue weighted by molar-refractivity contribution is -0.172. The number of pyridine rings is 2. The topological polar surface area (TPSA) is 293 Å². The summed E-state index contributed by atoms with van der Waals surface area (Å²) >= 11 is 0. The van der Waals surface area contributed by atoms with Gasteiger partial charge in [-0.1, -0.05) is 74.0 Å². The van der Waals surface area contributed by atoms with Gasteiger partial charge in [0.1, 0.15) is 24.5 Å². The molecule has 0 radical (unpaired) electrons. The maximum atomic E-state index is 15.7. The second kappa shape index (κ2) is 24.6. The number of ether oxygens (including phenoxy) is 1. The highest BCUT2D eigenvalue weighted by Gasteiger charge is 2.46. The van der Waals surface area contributed by atoms with Gasteiger partial charge in [-0.3, -0.25) is 48.1 Å². The predicted octanol–water partition coefficient (Wildman–Crippen LogP) is 2.31. The van der Waals surface area contributed by atoms with Gasteiger partial charge in [-0.2, -0.15) is 0 Å². The number of nitrogens with zero attached hydrogens (tertiary/aromatic N) is 3. The lowest BCUT2D eigenvalue weighted by Crippen LogP contribution is -2.54. The van der Waals surface area contributed by atoms with Gasteiger partial charge in [0.05, 0.1) is 54.7 Å². The Morgan fingerprint density at radius 3 is 2.14 bits per heavy atom. The van der Waals surface area contributed by atoms with E-state index in [0.29, 0.717) is 83.1 Å². The van der Waals surface area contributed by atoms with Gasteiger partial charge in [-0.25, -0.2) is 14.2 Å². The fourth-order valence-electron chi connectivity index (χ4n) is 10.9. The van der Waals surface area contributed by atoms with Gasteiger partial charge in [0.25, 0.3) is 17.4 Å². The fourth-order valence-corrected chi connectivity index (χ4v) is 10.9. The summed E-state index contributed by atoms with van der Waals surface area (Å²) < 4.78 is 22.4. The SMILES string of the molecule is CC[C@]1(O)C(=O)OCc2c1cc1n(c2=O)Cc2c-1nc1cc(F)c(C)c3c1c2[C@H](NC(=O)C(CCc1ccccc1)NC(=O)CNC(=O)C(Cc1ccccc1)NC(=O)CNC(=O)CNC(=O)CCCCCN1C(=O)C=CC1=O)CC3. The number of aryl methyl sites for hydroxylation is 2. The monoisotopic (exact) mass is 1110 g/mol. The Labute approximate surface area is 464 Å². The molecule has 2 aromatic heterocycles. The summed E-state index contributed by atoms with van der Waals surface area (Å²) in [5.41, 5.74) is 2.49. The molecule has 4 aliphatic rings. The molecule has 5 heterocycles. The van der Waals surface area contributed by atoms with Crippen LogP contribution in [-0.4, -0.2) is 111 Å². The number of nitrogens with one attached hydrogen (secondary N) is 6. The fraction of sp³-hybridized carbons (Fsp3) is 0.373. The molecule has 422 valence electrons. The molecule has 3 aromatic carbocycles. The molecule has 2 unspecified atom stereocenters. The van der Waals surface area contributed by atoms with Crippen LogP contribution in [0.3, 0.4) is 0 Å². The first-order valence-electron chi connectivity index (χ1n) is 27.1. The third-order valence-corrected chi connectivity index (χ3v) is 15.3. The molecular weight excluding hydrogens is 1050 g/mol. The van der Waals surface area contributed by atoms with Crippen LogP contribution < -0.4 is 37.5 Å². The second-order valence-electron chi connectivity index (χ2n) is 20.6. The van der Waals surface area contributed by atoms with E-state index in [1.165, 1.54) is 22.8 Å². The molecule has 7 N–H and O–H groups in total. The Morgan fingerprint density at radius 2 is 1.43 bits per heavy atom. The van der Waals surface area contributed by atoms with E-state index < -0.39 is 96.1 Å². The van der Waals surface area contributed by atoms with Gasteiger partial charge in [0.15, 0.2) is 5.60 Å². The van der Waals surface area contributed by atoms with Crippen molar-refractivity contribution in [2.45, 2.75) is 115 Å². The van der Waals surface area contributed by atoms with Crippen molar-refractivity contribution >= 4 is 64.1 Å². The summed E-state index contributed by atoms with van der Waals surface area (Å²) in [7, 11) is 0. The van der Waals surface area contributed by atoms with Gasteiger partial charge in [0, 0.05) is 54.1 Å². The first kappa shape index (κ1) is 56.8. The summed E-state index contributed by atoms with van der Waals surface area (Å²) in [4.78, 5) is 137. The number of unbranched alkanes of at least 4 members (excludes halogenated alkanes) is 2. The van der Waals surface area contributed by atoms with Crippen LogP contribution >= 0.6 is 0 Å². The van der Waals surface area contributed by atoms with Crippen molar-refractivity contribution in [1.29, 1.82) is 0 Å². The van der Waals surface area contributed by atoms with E-state index in [9.17, 15) is 53.1 Å². The molecule has 8 amide bonds. The minimum absolute atomic E-state index is 0.00736. The molecule has 81 heavy (non-hydrogen) atoms. The lowest BCUT2D eigenvalue weighted by atomic mass is 9.81. The summed E-state index contributed by atoms with van der Waals surface area (Å²) in [6.45, 7) is 1.64. The van der Waals surface area contributed by atoms with Crippen LogP contribution in [0.2, 0.25) is 0 Å². The maximum Gasteiger partial charge on any atom is 0.343 e. The van der Waals surface area contributed by atoms with E-state index in [1.807, 2.05) is 30.3 Å². The summed E-state index contributed by atoms with van der Waals surface area (Å²) in [5.74, 6) is -5.92. The summed E-state index contributed by atoms with van der Waals surface area (Å²) in [6.07, 6.45) is 5.15. The minimum atomic E-state index is -2.08. The Kier molecular flexibility index (Phi) is 17.3. The third-order valence-electron chi connectivity index (χ3n) is 15.3. The van der Waals surface area contributed by atoms with Crippen LogP contribution in [0.15, 0.2) is 89.7 Å². The molecule has 4 atom stereocenters. The van der Waals surface area contributed by atoms with E-state index in [4.69, 9.17) is 9.72 Å². The minimum Gasteiger partial charge on any atom is -0.458 e. The summed E-state index contributed by atoms with van der Waals surface area (Å²) in [6, 6.07) is 17.9. The van der Waals surface area contributed by atoms with Crippen molar-refractivity contribution in [2.75, 3.05) is 26.2 Å². The number of esters is 1. The number of aliphatic hydroxyl groups is 1. The van der Waals surface area contributed by atoms with Crippen molar-refractivity contribution in [3.63, 3.8) is 0 Å². The van der Waals surface area contributed by atoms with E-state index in [2.05, 4.69) is 31.9 Å². The number of amides is 8. The summed E-state index contributed by atoms with van der Waals surface area (Å²) in [5, 5.41) is 28.2. The van der Waals surface area contributed by atoms with Gasteiger partial charge in [-0.15, -0.1) is 0 Å². The van der Waals surface area contributed by atoms with E-state index in [-0.39, 0.29) is 73.8 Å². The van der Waals surface area contributed by atoms with Crippen LogP contribution in [0.25, 0.3) is 22.3 Å². The highest BCUT2D eigenvalue weighted by Crippen LogP contribution is 2.46. The largest absolute Gasteiger partial charge is 0.458 e. The number of rotatable bonds is 23. The molecule has 0 saturated carbocycles. The number of aromatic nitrogens is 2. The van der Waals surface area contributed by atoms with Crippen molar-refractivity contribution in [3.8, 4) is 11.4 Å². The average Bonchev–Trinajstić information content (AvgIpc) is 2.52. The Balaban J connectivity index is 0.857. The lowest BCUT2D eigenvalue weighted by Gasteiger charge is -2.31. The van der Waals surface area contributed by atoms with Crippen LogP contribution in [0.4, 0.5) is 4.39 Å². The highest BCUT2D eigenvalue weighted by atomic mass is 19.1. The quantitative estimate of drug-likeness (QED) is 0.0276. The molecule has 0 saturated heterocycles. The first-order valence-corrected chi connectivity index (χ1v) is 27.1. The van der Waals surface area contributed by atoms with Crippen LogP contribution in [-0.2, 0) is 85.9 Å². The standard InChI is InChI=1S/C59H62FN9O12/c1-3-59(80)39-26-45-54-37(31-69(45)57(78)38(39)32-81-58(59)79)53-41(21-19-36-33(2)40(60)27-43(66-54)52(36)53)67-56(77)42(20-18-34-13-7-4-8-14-34)64-49(73)30-63-55(76)44(25-35-15-9-5-10-16-35)65-48(72)29-62-47(71)28-61-46(70)17-11-6-12-24-68-50(74)22-23-51(68)75/h4-5,7-10,13-16,22-23,26-27,41-42,44,80H,3,6,11-12,17-21,24-25,28-32H2,1-2H3,(H,61,70)(H,62,71)(H,63,76)(H,64,73)(H,65,72)(H,67,77)/t41-,42?,44?,59-/m1/s1. The first-order chi connectivity index (χ1) is 38.9. The normalized spacial score (nSPS) is 17.3. The van der Waals surface area contributed by atoms with Crippen molar-refractivity contribution < 1.29 is 57.4 Å². The second-order valence-corrected chi connectivity index (χ2v) is 20.6. The smallest absolute Gasteiger partial charge is 0.343 e. The number of imide groups is 1. The van der Waals surface area contributed by atoms with E-state index in [0.717, 1.165) is 10.5 Å². The number of fused-ring (bicyclic) bond motifs is 5. The van der Waals surface area contributed by atoms with Gasteiger partial charge >= 0.3 is 5.97 Å². The van der Waals surface area contributed by atoms with Crippen molar-refractivity contribution in [2.24, 2.45) is 0 Å². The van der Waals surface area contributed by atoms with Crippen molar-refractivity contribution in [3.05, 3.63) is 146 Å². The molecule has 21 nitrogen and oxygen atoms in total. The number of hydrogen-bond donors (Lipinski definition) is 7. The molecule has 9 rings (SSSR count). The molecule has 0 fully saturated rings. The van der Waals surface area contributed by atoms with E-state index in [1.54, 1.807) is 50.2 Å². The van der Waals surface area contributed by atoms with Crippen LogP contribution in [0, 0.1) is 12.7 Å². The zero-order valence-corrected chi connectivity index (χ0v) is 44.8. The highest BCUT2D eigenvalue weighted by molar-refractivity contribution is 6.12. The molecule has 0 bridgehead atoms. The number of benzene rings is 3. The van der Waals surface area contributed by atoms with E-state index >= 15 is 4.39 Å².